The number of pyridine rings is 1. The Morgan fingerprint density at radius 3 is 3.04 bits per heavy atom. The lowest BCUT2D eigenvalue weighted by atomic mass is 10.0. The molecule has 3 heterocycles. The van der Waals surface area contributed by atoms with E-state index in [1.807, 2.05) is 25.3 Å². The molecule has 0 saturated heterocycles. The molecular weight excluding hydrogens is 359 g/mol. The third kappa shape index (κ3) is 4.03. The van der Waals surface area contributed by atoms with E-state index in [1.165, 1.54) is 12.1 Å². The number of nitrogens with one attached hydrogen (secondary N) is 1. The van der Waals surface area contributed by atoms with Gasteiger partial charge in [0.15, 0.2) is 0 Å². The van der Waals surface area contributed by atoms with E-state index in [2.05, 4.69) is 15.4 Å². The highest BCUT2D eigenvalue weighted by molar-refractivity contribution is 5.76. The van der Waals surface area contributed by atoms with Gasteiger partial charge in [-0.05, 0) is 31.2 Å². The Labute approximate surface area is 162 Å². The van der Waals surface area contributed by atoms with Crippen LogP contribution < -0.4 is 10.1 Å². The maximum Gasteiger partial charge on any atom is 0.221 e. The SMILES string of the molecule is Cc1ccn(CCC(=O)NC[C@H]2Cc3cc(F)cc(-c4cccnc4)c3O2)n1. The molecule has 1 aliphatic heterocycles. The van der Waals surface area contributed by atoms with E-state index >= 15 is 0 Å². The number of aryl methyl sites for hydroxylation is 2. The van der Waals surface area contributed by atoms with Crippen LogP contribution in [0, 0.1) is 12.7 Å². The van der Waals surface area contributed by atoms with Crippen molar-refractivity contribution in [2.75, 3.05) is 6.54 Å². The van der Waals surface area contributed by atoms with Crippen LogP contribution in [0.2, 0.25) is 0 Å². The number of ether oxygens (including phenoxy) is 1. The third-order valence-corrected chi connectivity index (χ3v) is 4.70. The fourth-order valence-corrected chi connectivity index (χ4v) is 3.36. The van der Waals surface area contributed by atoms with Crippen LogP contribution in [0.15, 0.2) is 48.9 Å². The fraction of sp³-hybridized carbons (Fsp3) is 0.286. The number of halogens is 1. The molecule has 4 rings (SSSR count). The molecule has 0 aliphatic carbocycles. The van der Waals surface area contributed by atoms with E-state index in [9.17, 15) is 9.18 Å². The van der Waals surface area contributed by atoms with Crippen LogP contribution in [0.25, 0.3) is 11.1 Å². The first kappa shape index (κ1) is 18.2. The smallest absolute Gasteiger partial charge is 0.221 e. The highest BCUT2D eigenvalue weighted by Crippen LogP contribution is 2.39. The molecule has 1 aromatic carbocycles. The van der Waals surface area contributed by atoms with E-state index in [0.717, 1.165) is 16.8 Å². The van der Waals surface area contributed by atoms with Crippen LogP contribution >= 0.6 is 0 Å². The number of nitrogens with zero attached hydrogens (tertiary/aromatic N) is 3. The first-order valence-electron chi connectivity index (χ1n) is 9.25. The Morgan fingerprint density at radius 2 is 2.29 bits per heavy atom. The Hall–Kier alpha value is -3.22. The number of fused-ring (bicyclic) bond motifs is 1. The van der Waals surface area contributed by atoms with Gasteiger partial charge < -0.3 is 10.1 Å². The van der Waals surface area contributed by atoms with Crippen molar-refractivity contribution in [2.45, 2.75) is 32.4 Å². The molecule has 0 unspecified atom stereocenters. The quantitative estimate of drug-likeness (QED) is 0.714. The van der Waals surface area contributed by atoms with Crippen molar-refractivity contribution in [1.29, 1.82) is 0 Å². The molecular formula is C21H21FN4O2. The predicted octanol–water partition coefficient (Wildman–Crippen LogP) is 2.90. The zero-order chi connectivity index (χ0) is 19.5. The molecule has 0 saturated carbocycles. The third-order valence-electron chi connectivity index (χ3n) is 4.70. The molecule has 2 aromatic heterocycles. The van der Waals surface area contributed by atoms with Gasteiger partial charge in [-0.3, -0.25) is 14.5 Å². The van der Waals surface area contributed by atoms with Crippen molar-refractivity contribution >= 4 is 5.91 Å². The minimum absolute atomic E-state index is 0.0635. The number of hydrogen-bond donors (Lipinski definition) is 1. The molecule has 0 spiro atoms. The van der Waals surface area contributed by atoms with Gasteiger partial charge in [-0.25, -0.2) is 4.39 Å². The Morgan fingerprint density at radius 1 is 1.39 bits per heavy atom. The molecule has 0 bridgehead atoms. The topological polar surface area (TPSA) is 69.0 Å². The Kier molecular flexibility index (Phi) is 5.06. The van der Waals surface area contributed by atoms with Crippen molar-refractivity contribution < 1.29 is 13.9 Å². The van der Waals surface area contributed by atoms with Crippen molar-refractivity contribution in [1.82, 2.24) is 20.1 Å². The van der Waals surface area contributed by atoms with Gasteiger partial charge in [0.25, 0.3) is 0 Å². The van der Waals surface area contributed by atoms with Gasteiger partial charge in [0.1, 0.15) is 17.7 Å². The molecule has 28 heavy (non-hydrogen) atoms. The van der Waals surface area contributed by atoms with Crippen LogP contribution in [-0.2, 0) is 17.8 Å². The monoisotopic (exact) mass is 380 g/mol. The second-order valence-electron chi connectivity index (χ2n) is 6.90. The molecule has 6 nitrogen and oxygen atoms in total. The van der Waals surface area contributed by atoms with Crippen LogP contribution in [-0.4, -0.2) is 33.3 Å². The van der Waals surface area contributed by atoms with Crippen LogP contribution in [0.3, 0.4) is 0 Å². The van der Waals surface area contributed by atoms with Crippen LogP contribution in [0.4, 0.5) is 4.39 Å². The van der Waals surface area contributed by atoms with E-state index in [-0.39, 0.29) is 17.8 Å². The van der Waals surface area contributed by atoms with Crippen molar-refractivity contribution in [3.63, 3.8) is 0 Å². The summed E-state index contributed by atoms with van der Waals surface area (Å²) in [6.45, 7) is 2.82. The normalized spacial score (nSPS) is 15.1. The van der Waals surface area contributed by atoms with Crippen molar-refractivity contribution in [3.8, 4) is 16.9 Å². The summed E-state index contributed by atoms with van der Waals surface area (Å²) in [6.07, 6.45) is 5.89. The number of hydrogen-bond acceptors (Lipinski definition) is 4. The zero-order valence-electron chi connectivity index (χ0n) is 15.6. The maximum absolute atomic E-state index is 14.1. The van der Waals surface area contributed by atoms with Gasteiger partial charge in [-0.2, -0.15) is 5.10 Å². The standard InChI is InChI=1S/C21H21FN4O2/c1-14-4-7-26(25-14)8-5-20(27)24-13-18-10-16-9-17(22)11-19(21(16)28-18)15-3-2-6-23-12-15/h2-4,6-7,9,11-12,18H,5,8,10,13H2,1H3,(H,24,27)/t18-/m1/s1. The molecule has 144 valence electrons. The Bertz CT molecular complexity index is 987. The lowest BCUT2D eigenvalue weighted by Gasteiger charge is -2.13. The molecule has 0 fully saturated rings. The molecule has 0 radical (unpaired) electrons. The van der Waals surface area contributed by atoms with Crippen molar-refractivity contribution in [3.05, 3.63) is 66.0 Å². The predicted molar refractivity (Wildman–Crippen MR) is 102 cm³/mol. The van der Waals surface area contributed by atoms with E-state index in [4.69, 9.17) is 4.74 Å². The van der Waals surface area contributed by atoms with E-state index < -0.39 is 0 Å². The Balaban J connectivity index is 1.36. The highest BCUT2D eigenvalue weighted by Gasteiger charge is 2.27. The summed E-state index contributed by atoms with van der Waals surface area (Å²) in [4.78, 5) is 16.2. The second-order valence-corrected chi connectivity index (χ2v) is 6.90. The largest absolute Gasteiger partial charge is 0.487 e. The number of benzene rings is 1. The van der Waals surface area contributed by atoms with Gasteiger partial charge in [0.2, 0.25) is 5.91 Å². The van der Waals surface area contributed by atoms with E-state index in [0.29, 0.717) is 37.2 Å². The number of carbonyl (C=O) groups excluding carboxylic acids is 1. The summed E-state index contributed by atoms with van der Waals surface area (Å²) in [7, 11) is 0. The van der Waals surface area contributed by atoms with Gasteiger partial charge >= 0.3 is 0 Å². The first-order valence-corrected chi connectivity index (χ1v) is 9.25. The second kappa shape index (κ2) is 7.80. The molecule has 3 aromatic rings. The van der Waals surface area contributed by atoms with Crippen molar-refractivity contribution in [2.24, 2.45) is 0 Å². The maximum atomic E-state index is 14.1. The summed E-state index contributed by atoms with van der Waals surface area (Å²) < 4.78 is 21.8. The van der Waals surface area contributed by atoms with Gasteiger partial charge in [0, 0.05) is 54.7 Å². The average molecular weight is 380 g/mol. The summed E-state index contributed by atoms with van der Waals surface area (Å²) in [5, 5.41) is 7.16. The van der Waals surface area contributed by atoms with Crippen LogP contribution in [0.1, 0.15) is 17.7 Å². The molecule has 1 N–H and O–H groups in total. The number of amides is 1. The first-order chi connectivity index (χ1) is 13.6. The minimum atomic E-state index is -0.305. The summed E-state index contributed by atoms with van der Waals surface area (Å²) >= 11 is 0. The molecule has 1 aliphatic rings. The number of carbonyl (C=O) groups is 1. The summed E-state index contributed by atoms with van der Waals surface area (Å²) in [6, 6.07) is 8.54. The highest BCUT2D eigenvalue weighted by atomic mass is 19.1. The summed E-state index contributed by atoms with van der Waals surface area (Å²) in [5.41, 5.74) is 3.22. The van der Waals surface area contributed by atoms with Gasteiger partial charge in [0.05, 0.1) is 12.2 Å². The zero-order valence-corrected chi connectivity index (χ0v) is 15.6. The number of aromatic nitrogens is 3. The van der Waals surface area contributed by atoms with Gasteiger partial charge in [-0.1, -0.05) is 6.07 Å². The average Bonchev–Trinajstić information content (AvgIpc) is 3.30. The molecule has 1 atom stereocenters. The molecule has 7 heteroatoms. The minimum Gasteiger partial charge on any atom is -0.487 e. The summed E-state index contributed by atoms with van der Waals surface area (Å²) in [5.74, 6) is 0.299. The van der Waals surface area contributed by atoms with Crippen LogP contribution in [0.5, 0.6) is 5.75 Å². The molecule has 1 amide bonds. The van der Waals surface area contributed by atoms with E-state index in [1.54, 1.807) is 23.1 Å². The fourth-order valence-electron chi connectivity index (χ4n) is 3.36. The lowest BCUT2D eigenvalue weighted by Crippen LogP contribution is -2.34. The lowest BCUT2D eigenvalue weighted by molar-refractivity contribution is -0.121. The van der Waals surface area contributed by atoms with Gasteiger partial charge in [-0.15, -0.1) is 0 Å². The number of rotatable bonds is 6.